The van der Waals surface area contributed by atoms with Crippen molar-refractivity contribution in [2.45, 2.75) is 70.6 Å². The molecule has 0 radical (unpaired) electrons. The number of alkyl carbamates (subject to hydrolysis) is 1. The molecule has 4 amide bonds. The van der Waals surface area contributed by atoms with Crippen LogP contribution in [-0.4, -0.2) is 91.1 Å². The first-order chi connectivity index (χ1) is 20.9. The number of carbonyl (C=O) groups is 4. The number of pyridine rings is 1. The van der Waals surface area contributed by atoms with Crippen molar-refractivity contribution in [3.05, 3.63) is 66.0 Å². The van der Waals surface area contributed by atoms with Crippen LogP contribution < -0.4 is 20.5 Å². The number of rotatable bonds is 13. The molecule has 3 rings (SSSR count). The Morgan fingerprint density at radius 1 is 0.909 bits per heavy atom. The highest BCUT2D eigenvalue weighted by atomic mass is 16.6. The molecule has 2 aromatic rings. The molecule has 44 heavy (non-hydrogen) atoms. The first-order valence-corrected chi connectivity index (χ1v) is 15.4. The number of unbranched alkanes of at least 4 members (excludes halogenated alkanes) is 1. The second kappa shape index (κ2) is 16.7. The fraction of sp³-hybridized carbons (Fsp3) is 0.545. The van der Waals surface area contributed by atoms with Crippen molar-refractivity contribution >= 4 is 23.8 Å². The summed E-state index contributed by atoms with van der Waals surface area (Å²) < 4.78 is 7.14. The monoisotopic (exact) mass is 609 g/mol. The van der Waals surface area contributed by atoms with Crippen LogP contribution in [0.5, 0.6) is 0 Å². The Hall–Kier alpha value is -3.99. The van der Waals surface area contributed by atoms with E-state index in [-0.39, 0.29) is 18.2 Å². The normalized spacial score (nSPS) is 15.2. The Labute approximate surface area is 261 Å². The molecule has 11 heteroatoms. The van der Waals surface area contributed by atoms with Crippen molar-refractivity contribution in [2.24, 2.45) is 7.05 Å². The van der Waals surface area contributed by atoms with Gasteiger partial charge in [0.1, 0.15) is 24.7 Å². The summed E-state index contributed by atoms with van der Waals surface area (Å²) in [5, 5.41) is 8.62. The van der Waals surface area contributed by atoms with Crippen molar-refractivity contribution in [2.75, 3.05) is 39.8 Å². The lowest BCUT2D eigenvalue weighted by atomic mass is 10.0. The third-order valence-corrected chi connectivity index (χ3v) is 7.32. The van der Waals surface area contributed by atoms with Gasteiger partial charge in [-0.05, 0) is 58.7 Å². The highest BCUT2D eigenvalue weighted by Gasteiger charge is 2.31. The van der Waals surface area contributed by atoms with Gasteiger partial charge in [-0.1, -0.05) is 30.3 Å². The van der Waals surface area contributed by atoms with E-state index in [4.69, 9.17) is 4.74 Å². The minimum atomic E-state index is -0.847. The maximum absolute atomic E-state index is 13.8. The second-order valence-corrected chi connectivity index (χ2v) is 12.5. The van der Waals surface area contributed by atoms with E-state index in [0.29, 0.717) is 45.3 Å². The number of hydrogen-bond acceptors (Lipinski definition) is 6. The first-order valence-electron chi connectivity index (χ1n) is 15.4. The lowest BCUT2D eigenvalue weighted by Gasteiger charge is -2.35. The standard InChI is InChI=1S/C33H48N6O5/c1-33(2,3)44-32(43)34-16-10-9-15-27(35-29(40)23-26-14-11-17-38(5)24-26)30(41)36-28(22-25-12-7-6-8-13-25)31(42)39-20-18-37(4)19-21-39/h6-8,11-14,17,24,27-28H,9-10,15-16,18-23H2,1-5H3,(H2-,34,35,36,40,41,43)/p+1. The van der Waals surface area contributed by atoms with Gasteiger partial charge in [-0.2, -0.15) is 0 Å². The lowest BCUT2D eigenvalue weighted by molar-refractivity contribution is -0.671. The van der Waals surface area contributed by atoms with Crippen LogP contribution in [0.25, 0.3) is 0 Å². The van der Waals surface area contributed by atoms with Gasteiger partial charge < -0.3 is 30.5 Å². The molecule has 11 nitrogen and oxygen atoms in total. The predicted molar refractivity (Wildman–Crippen MR) is 167 cm³/mol. The van der Waals surface area contributed by atoms with E-state index in [2.05, 4.69) is 20.9 Å². The third kappa shape index (κ3) is 12.3. The number of carbonyl (C=O) groups excluding carboxylic acids is 4. The molecular weight excluding hydrogens is 560 g/mol. The van der Waals surface area contributed by atoms with E-state index < -0.39 is 29.7 Å². The van der Waals surface area contributed by atoms with Gasteiger partial charge in [0, 0.05) is 50.8 Å². The van der Waals surface area contributed by atoms with Crippen LogP contribution in [-0.2, 0) is 39.0 Å². The Balaban J connectivity index is 1.69. The van der Waals surface area contributed by atoms with Gasteiger partial charge in [0.25, 0.3) is 0 Å². The zero-order valence-electron chi connectivity index (χ0n) is 26.8. The number of likely N-dealkylation sites (N-methyl/N-ethyl adjacent to an activating group) is 1. The Morgan fingerprint density at radius 3 is 2.25 bits per heavy atom. The van der Waals surface area contributed by atoms with E-state index in [1.54, 1.807) is 25.7 Å². The molecule has 1 aliphatic heterocycles. The average Bonchev–Trinajstić information content (AvgIpc) is 2.95. The molecule has 0 aliphatic carbocycles. The smallest absolute Gasteiger partial charge is 0.407 e. The maximum atomic E-state index is 13.8. The molecule has 2 heterocycles. The SMILES string of the molecule is CN1CCN(C(=O)C(Cc2ccccc2)NC(=O)C(CCCCNC(=O)OC(C)(C)C)NC(=O)Cc2ccc[n+](C)c2)CC1. The summed E-state index contributed by atoms with van der Waals surface area (Å²) in [5.41, 5.74) is 1.16. The van der Waals surface area contributed by atoms with Crippen LogP contribution >= 0.6 is 0 Å². The topological polar surface area (TPSA) is 124 Å². The predicted octanol–water partition coefficient (Wildman–Crippen LogP) is 1.73. The van der Waals surface area contributed by atoms with Gasteiger partial charge in [0.2, 0.25) is 17.7 Å². The number of amides is 4. The molecule has 2 atom stereocenters. The van der Waals surface area contributed by atoms with Gasteiger partial charge in [0.05, 0.1) is 6.42 Å². The van der Waals surface area contributed by atoms with Gasteiger partial charge in [0.15, 0.2) is 12.4 Å². The quantitative estimate of drug-likeness (QED) is 0.235. The Kier molecular flexibility index (Phi) is 13.1. The van der Waals surface area contributed by atoms with E-state index in [0.717, 1.165) is 24.2 Å². The maximum Gasteiger partial charge on any atom is 0.407 e. The molecule has 2 unspecified atom stereocenters. The summed E-state index contributed by atoms with van der Waals surface area (Å²) in [6.45, 7) is 8.49. The van der Waals surface area contributed by atoms with Crippen LogP contribution in [0.2, 0.25) is 0 Å². The molecule has 0 bridgehead atoms. The van der Waals surface area contributed by atoms with E-state index >= 15 is 0 Å². The summed E-state index contributed by atoms with van der Waals surface area (Å²) in [7, 11) is 3.91. The molecule has 0 spiro atoms. The number of ether oxygens (including phenoxy) is 1. The van der Waals surface area contributed by atoms with E-state index in [9.17, 15) is 19.2 Å². The number of nitrogens with one attached hydrogen (secondary N) is 3. The van der Waals surface area contributed by atoms with Crippen molar-refractivity contribution in [3.8, 4) is 0 Å². The summed E-state index contributed by atoms with van der Waals surface area (Å²) in [6, 6.07) is 11.7. The van der Waals surface area contributed by atoms with Crippen LogP contribution in [0.4, 0.5) is 4.79 Å². The minimum absolute atomic E-state index is 0.117. The molecule has 3 N–H and O–H groups in total. The molecule has 0 saturated carbocycles. The number of nitrogens with zero attached hydrogens (tertiary/aromatic N) is 3. The fourth-order valence-electron chi connectivity index (χ4n) is 5.00. The van der Waals surface area contributed by atoms with E-state index in [1.807, 2.05) is 73.5 Å². The number of aryl methyl sites for hydroxylation is 1. The summed E-state index contributed by atoms with van der Waals surface area (Å²) in [4.78, 5) is 56.5. The Bertz CT molecular complexity index is 1240. The zero-order valence-corrected chi connectivity index (χ0v) is 26.8. The van der Waals surface area contributed by atoms with Crippen LogP contribution in [0.3, 0.4) is 0 Å². The molecule has 1 aliphatic rings. The van der Waals surface area contributed by atoms with Gasteiger partial charge in [-0.15, -0.1) is 0 Å². The first kappa shape index (κ1) is 34.5. The highest BCUT2D eigenvalue weighted by molar-refractivity contribution is 5.92. The minimum Gasteiger partial charge on any atom is -0.444 e. The Morgan fingerprint density at radius 2 is 1.59 bits per heavy atom. The van der Waals surface area contributed by atoms with Crippen molar-refractivity contribution < 1.29 is 28.5 Å². The molecule has 1 aromatic carbocycles. The summed E-state index contributed by atoms with van der Waals surface area (Å²) >= 11 is 0. The number of benzene rings is 1. The fourth-order valence-corrected chi connectivity index (χ4v) is 5.00. The molecule has 1 fully saturated rings. The molecule has 1 aromatic heterocycles. The summed E-state index contributed by atoms with van der Waals surface area (Å²) in [5.74, 6) is -0.813. The number of piperazine rings is 1. The second-order valence-electron chi connectivity index (χ2n) is 12.5. The number of hydrogen-bond donors (Lipinski definition) is 3. The van der Waals surface area contributed by atoms with E-state index in [1.165, 1.54) is 0 Å². The number of aromatic nitrogens is 1. The third-order valence-electron chi connectivity index (χ3n) is 7.32. The summed E-state index contributed by atoms with van der Waals surface area (Å²) in [6.07, 6.45) is 5.20. The van der Waals surface area contributed by atoms with Gasteiger partial charge in [-0.25, -0.2) is 9.36 Å². The lowest BCUT2D eigenvalue weighted by Crippen LogP contribution is -2.57. The highest BCUT2D eigenvalue weighted by Crippen LogP contribution is 2.11. The van der Waals surface area contributed by atoms with Crippen molar-refractivity contribution in [1.82, 2.24) is 25.8 Å². The largest absolute Gasteiger partial charge is 0.444 e. The van der Waals surface area contributed by atoms with Crippen molar-refractivity contribution in [1.29, 1.82) is 0 Å². The molecular formula is C33H49N6O5+. The van der Waals surface area contributed by atoms with Gasteiger partial charge >= 0.3 is 6.09 Å². The van der Waals surface area contributed by atoms with Crippen LogP contribution in [0.1, 0.15) is 51.2 Å². The molecule has 1 saturated heterocycles. The zero-order chi connectivity index (χ0) is 32.1. The average molecular weight is 610 g/mol. The molecule has 240 valence electrons. The van der Waals surface area contributed by atoms with Crippen LogP contribution in [0, 0.1) is 0 Å². The van der Waals surface area contributed by atoms with Gasteiger partial charge in [-0.3, -0.25) is 14.4 Å². The van der Waals surface area contributed by atoms with Crippen LogP contribution in [0.15, 0.2) is 54.9 Å². The van der Waals surface area contributed by atoms with Crippen molar-refractivity contribution in [3.63, 3.8) is 0 Å².